The van der Waals surface area contributed by atoms with Crippen LogP contribution in [-0.2, 0) is 11.3 Å². The summed E-state index contributed by atoms with van der Waals surface area (Å²) in [5, 5.41) is 0.548. The van der Waals surface area contributed by atoms with Crippen LogP contribution in [0, 0.1) is 13.8 Å². The SMILES string of the molecule is COC(=O)c1c(N)sc(CN2CCCCC2)c1-c1ccc(C)c(C)c1. The van der Waals surface area contributed by atoms with E-state index in [4.69, 9.17) is 10.5 Å². The van der Waals surface area contributed by atoms with Gasteiger partial charge in [-0.15, -0.1) is 11.3 Å². The van der Waals surface area contributed by atoms with Gasteiger partial charge in [0.2, 0.25) is 0 Å². The highest BCUT2D eigenvalue weighted by molar-refractivity contribution is 7.17. The molecule has 2 heterocycles. The predicted molar refractivity (Wildman–Crippen MR) is 104 cm³/mol. The van der Waals surface area contributed by atoms with E-state index in [1.54, 1.807) is 0 Å². The number of rotatable bonds is 4. The summed E-state index contributed by atoms with van der Waals surface area (Å²) < 4.78 is 5.01. The number of aryl methyl sites for hydroxylation is 2. The number of likely N-dealkylation sites (tertiary alicyclic amines) is 1. The lowest BCUT2D eigenvalue weighted by atomic mass is 9.97. The van der Waals surface area contributed by atoms with Crippen LogP contribution in [0.3, 0.4) is 0 Å². The summed E-state index contributed by atoms with van der Waals surface area (Å²) in [6.07, 6.45) is 3.79. The summed E-state index contributed by atoms with van der Waals surface area (Å²) in [6, 6.07) is 6.32. The Bertz CT molecular complexity index is 776. The zero-order valence-electron chi connectivity index (χ0n) is 15.2. The first-order valence-corrected chi connectivity index (χ1v) is 9.62. The zero-order valence-corrected chi connectivity index (χ0v) is 16.0. The van der Waals surface area contributed by atoms with E-state index in [0.717, 1.165) is 35.6 Å². The number of esters is 1. The molecule has 134 valence electrons. The average molecular weight is 359 g/mol. The van der Waals surface area contributed by atoms with Gasteiger partial charge in [0.1, 0.15) is 10.6 Å². The highest BCUT2D eigenvalue weighted by atomic mass is 32.1. The van der Waals surface area contributed by atoms with E-state index < -0.39 is 0 Å². The first-order chi connectivity index (χ1) is 12.0. The summed E-state index contributed by atoms with van der Waals surface area (Å²) in [5.41, 5.74) is 11.2. The number of hydrogen-bond acceptors (Lipinski definition) is 5. The van der Waals surface area contributed by atoms with Crippen LogP contribution in [0.4, 0.5) is 5.00 Å². The van der Waals surface area contributed by atoms with Crippen molar-refractivity contribution < 1.29 is 9.53 Å². The maximum Gasteiger partial charge on any atom is 0.341 e. The fourth-order valence-corrected chi connectivity index (χ4v) is 4.56. The number of carbonyl (C=O) groups excluding carboxylic acids is 1. The Kier molecular flexibility index (Phi) is 5.45. The van der Waals surface area contributed by atoms with Crippen LogP contribution >= 0.6 is 11.3 Å². The van der Waals surface area contributed by atoms with Crippen molar-refractivity contribution in [2.75, 3.05) is 25.9 Å². The lowest BCUT2D eigenvalue weighted by Crippen LogP contribution is -2.28. The molecule has 1 saturated heterocycles. The Morgan fingerprint density at radius 2 is 1.92 bits per heavy atom. The molecule has 0 radical (unpaired) electrons. The lowest BCUT2D eigenvalue weighted by molar-refractivity contribution is 0.0603. The van der Waals surface area contributed by atoms with Gasteiger partial charge in [0.05, 0.1) is 7.11 Å². The molecule has 0 bridgehead atoms. The maximum absolute atomic E-state index is 12.4. The molecule has 0 amide bonds. The van der Waals surface area contributed by atoms with Gasteiger partial charge in [0, 0.05) is 17.0 Å². The van der Waals surface area contributed by atoms with Crippen molar-refractivity contribution in [1.29, 1.82) is 0 Å². The number of nitrogens with two attached hydrogens (primary N) is 1. The fourth-order valence-electron chi connectivity index (χ4n) is 3.44. The van der Waals surface area contributed by atoms with Gasteiger partial charge in [0.15, 0.2) is 0 Å². The summed E-state index contributed by atoms with van der Waals surface area (Å²) in [6.45, 7) is 7.25. The molecule has 0 aliphatic carbocycles. The number of nitrogen functional groups attached to an aromatic ring is 1. The summed E-state index contributed by atoms with van der Waals surface area (Å²) >= 11 is 1.52. The Balaban J connectivity index is 2.07. The molecule has 0 spiro atoms. The minimum absolute atomic E-state index is 0.355. The number of ether oxygens (including phenoxy) is 1. The molecule has 1 aliphatic heterocycles. The molecule has 25 heavy (non-hydrogen) atoms. The minimum atomic E-state index is -0.355. The predicted octanol–water partition coefficient (Wildman–Crippen LogP) is 4.39. The Morgan fingerprint density at radius 3 is 2.56 bits per heavy atom. The zero-order chi connectivity index (χ0) is 18.0. The Hall–Kier alpha value is -1.85. The van der Waals surface area contributed by atoms with Crippen molar-refractivity contribution in [2.45, 2.75) is 39.7 Å². The molecule has 2 aromatic rings. The smallest absolute Gasteiger partial charge is 0.341 e. The van der Waals surface area contributed by atoms with Gasteiger partial charge in [-0.25, -0.2) is 4.79 Å². The molecule has 5 heteroatoms. The van der Waals surface area contributed by atoms with Gasteiger partial charge in [-0.2, -0.15) is 0 Å². The van der Waals surface area contributed by atoms with Gasteiger partial charge in [-0.3, -0.25) is 4.90 Å². The van der Waals surface area contributed by atoms with Crippen LogP contribution in [0.25, 0.3) is 11.1 Å². The molecule has 3 rings (SSSR count). The molecule has 0 atom stereocenters. The second-order valence-corrected chi connectivity index (χ2v) is 7.90. The van der Waals surface area contributed by atoms with Crippen molar-refractivity contribution in [3.63, 3.8) is 0 Å². The largest absolute Gasteiger partial charge is 0.465 e. The van der Waals surface area contributed by atoms with E-state index in [-0.39, 0.29) is 5.97 Å². The molecular formula is C20H26N2O2S. The summed E-state index contributed by atoms with van der Waals surface area (Å²) in [4.78, 5) is 16.0. The number of piperidine rings is 1. The van der Waals surface area contributed by atoms with Gasteiger partial charge >= 0.3 is 5.97 Å². The summed E-state index contributed by atoms with van der Waals surface area (Å²) in [7, 11) is 1.41. The van der Waals surface area contributed by atoms with E-state index in [1.165, 1.54) is 48.8 Å². The van der Waals surface area contributed by atoms with Crippen molar-refractivity contribution in [2.24, 2.45) is 0 Å². The number of carbonyl (C=O) groups is 1. The van der Waals surface area contributed by atoms with Crippen LogP contribution in [0.1, 0.15) is 45.6 Å². The number of hydrogen-bond donors (Lipinski definition) is 1. The van der Waals surface area contributed by atoms with Gasteiger partial charge in [-0.05, 0) is 56.5 Å². The minimum Gasteiger partial charge on any atom is -0.465 e. The number of benzene rings is 1. The Morgan fingerprint density at radius 1 is 1.20 bits per heavy atom. The van der Waals surface area contributed by atoms with Crippen LogP contribution in [0.15, 0.2) is 18.2 Å². The molecule has 1 aliphatic rings. The number of thiophene rings is 1. The monoisotopic (exact) mass is 358 g/mol. The second kappa shape index (κ2) is 7.58. The second-order valence-electron chi connectivity index (χ2n) is 6.77. The van der Waals surface area contributed by atoms with Gasteiger partial charge < -0.3 is 10.5 Å². The van der Waals surface area contributed by atoms with Crippen molar-refractivity contribution in [3.05, 3.63) is 39.8 Å². The van der Waals surface area contributed by atoms with E-state index >= 15 is 0 Å². The van der Waals surface area contributed by atoms with E-state index in [2.05, 4.69) is 36.9 Å². The van der Waals surface area contributed by atoms with Gasteiger partial charge in [-0.1, -0.05) is 24.6 Å². The van der Waals surface area contributed by atoms with Crippen LogP contribution in [0.2, 0.25) is 0 Å². The van der Waals surface area contributed by atoms with Crippen molar-refractivity contribution >= 4 is 22.3 Å². The number of anilines is 1. The summed E-state index contributed by atoms with van der Waals surface area (Å²) in [5.74, 6) is -0.355. The highest BCUT2D eigenvalue weighted by Crippen LogP contribution is 2.40. The van der Waals surface area contributed by atoms with Crippen LogP contribution < -0.4 is 5.73 Å². The number of methoxy groups -OCH3 is 1. The van der Waals surface area contributed by atoms with Crippen LogP contribution in [0.5, 0.6) is 0 Å². The topological polar surface area (TPSA) is 55.6 Å². The number of nitrogens with zero attached hydrogens (tertiary/aromatic N) is 1. The maximum atomic E-state index is 12.4. The first-order valence-electron chi connectivity index (χ1n) is 8.80. The molecule has 0 saturated carbocycles. The fraction of sp³-hybridized carbons (Fsp3) is 0.450. The molecule has 1 fully saturated rings. The van der Waals surface area contributed by atoms with E-state index in [9.17, 15) is 4.79 Å². The standard InChI is InChI=1S/C20H26N2O2S/c1-13-7-8-15(11-14(13)2)17-16(12-22-9-5-4-6-10-22)25-19(21)18(17)20(23)24-3/h7-8,11H,4-6,9-10,12,21H2,1-3H3. The van der Waals surface area contributed by atoms with Crippen molar-refractivity contribution in [1.82, 2.24) is 4.90 Å². The molecule has 4 nitrogen and oxygen atoms in total. The quantitative estimate of drug-likeness (QED) is 0.824. The third kappa shape index (κ3) is 3.72. The normalized spacial score (nSPS) is 15.3. The molecule has 0 unspecified atom stereocenters. The van der Waals surface area contributed by atoms with E-state index in [1.807, 2.05) is 0 Å². The lowest BCUT2D eigenvalue weighted by Gasteiger charge is -2.26. The van der Waals surface area contributed by atoms with Gasteiger partial charge in [0.25, 0.3) is 0 Å². The third-order valence-corrected chi connectivity index (χ3v) is 6.01. The third-order valence-electron chi connectivity index (χ3n) is 5.01. The highest BCUT2D eigenvalue weighted by Gasteiger charge is 2.25. The molecule has 1 aromatic carbocycles. The molecular weight excluding hydrogens is 332 g/mol. The van der Waals surface area contributed by atoms with Crippen molar-refractivity contribution in [3.8, 4) is 11.1 Å². The first kappa shape index (κ1) is 18.0. The molecule has 2 N–H and O–H groups in total. The van der Waals surface area contributed by atoms with Crippen LogP contribution in [-0.4, -0.2) is 31.1 Å². The molecule has 1 aromatic heterocycles. The Labute approximate surface area is 153 Å². The average Bonchev–Trinajstić information content (AvgIpc) is 2.93. The van der Waals surface area contributed by atoms with E-state index in [0.29, 0.717) is 10.6 Å².